The van der Waals surface area contributed by atoms with E-state index >= 15 is 0 Å². The minimum atomic E-state index is 0. The number of aliphatic imine (C=N–C) groups is 1. The molecule has 3 rings (SSSR count). The SMILES string of the molecule is CN=C(NCCCc1nc(C)cs1)NC1CCN(Cc2ccccc2)C(C)C1.I. The first-order valence-corrected chi connectivity index (χ1v) is 11.2. The van der Waals surface area contributed by atoms with Crippen molar-refractivity contribution in [1.29, 1.82) is 0 Å². The number of hydrogen-bond donors (Lipinski definition) is 2. The quantitative estimate of drug-likeness (QED) is 0.245. The van der Waals surface area contributed by atoms with Gasteiger partial charge in [0.15, 0.2) is 5.96 Å². The van der Waals surface area contributed by atoms with Crippen LogP contribution in [-0.2, 0) is 13.0 Å². The molecule has 1 aromatic heterocycles. The summed E-state index contributed by atoms with van der Waals surface area (Å²) in [5.41, 5.74) is 2.52. The van der Waals surface area contributed by atoms with Crippen LogP contribution in [0, 0.1) is 6.92 Å². The highest BCUT2D eigenvalue weighted by Gasteiger charge is 2.25. The Kier molecular flexibility index (Phi) is 10.4. The number of piperidine rings is 1. The minimum Gasteiger partial charge on any atom is -0.356 e. The monoisotopic (exact) mass is 527 g/mol. The highest BCUT2D eigenvalue weighted by Crippen LogP contribution is 2.20. The summed E-state index contributed by atoms with van der Waals surface area (Å²) in [6.45, 7) is 7.46. The van der Waals surface area contributed by atoms with E-state index in [0.717, 1.165) is 57.0 Å². The highest BCUT2D eigenvalue weighted by molar-refractivity contribution is 14.0. The lowest BCUT2D eigenvalue weighted by atomic mass is 9.97. The second-order valence-electron chi connectivity index (χ2n) is 7.66. The zero-order chi connectivity index (χ0) is 19.8. The molecule has 160 valence electrons. The van der Waals surface area contributed by atoms with E-state index in [4.69, 9.17) is 0 Å². The lowest BCUT2D eigenvalue weighted by Gasteiger charge is -2.38. The molecule has 1 aromatic carbocycles. The summed E-state index contributed by atoms with van der Waals surface area (Å²) in [6, 6.07) is 11.8. The summed E-state index contributed by atoms with van der Waals surface area (Å²) in [4.78, 5) is 11.5. The smallest absolute Gasteiger partial charge is 0.191 e. The Morgan fingerprint density at radius 2 is 2.10 bits per heavy atom. The summed E-state index contributed by atoms with van der Waals surface area (Å²) in [5, 5.41) is 10.4. The van der Waals surface area contributed by atoms with Crippen molar-refractivity contribution in [2.45, 2.75) is 58.2 Å². The fraction of sp³-hybridized carbons (Fsp3) is 0.545. The first-order chi connectivity index (χ1) is 13.6. The van der Waals surface area contributed by atoms with Crippen molar-refractivity contribution in [2.75, 3.05) is 20.1 Å². The molecule has 0 bridgehead atoms. The van der Waals surface area contributed by atoms with Crippen LogP contribution in [0.4, 0.5) is 0 Å². The Bertz CT molecular complexity index is 749. The van der Waals surface area contributed by atoms with Crippen LogP contribution >= 0.6 is 35.3 Å². The van der Waals surface area contributed by atoms with Gasteiger partial charge in [0.2, 0.25) is 0 Å². The van der Waals surface area contributed by atoms with E-state index in [1.165, 1.54) is 10.6 Å². The van der Waals surface area contributed by atoms with Gasteiger partial charge in [-0.2, -0.15) is 0 Å². The molecule has 2 aromatic rings. The normalized spacial score (nSPS) is 20.2. The summed E-state index contributed by atoms with van der Waals surface area (Å²) in [7, 11) is 1.85. The van der Waals surface area contributed by atoms with Crippen LogP contribution in [0.5, 0.6) is 0 Å². The van der Waals surface area contributed by atoms with E-state index < -0.39 is 0 Å². The third-order valence-corrected chi connectivity index (χ3v) is 6.36. The van der Waals surface area contributed by atoms with Crippen molar-refractivity contribution in [2.24, 2.45) is 4.99 Å². The third kappa shape index (κ3) is 7.86. The van der Waals surface area contributed by atoms with Gasteiger partial charge in [-0.25, -0.2) is 4.98 Å². The van der Waals surface area contributed by atoms with Gasteiger partial charge >= 0.3 is 0 Å². The molecule has 0 spiro atoms. The minimum absolute atomic E-state index is 0. The Hall–Kier alpha value is -1.19. The molecular formula is C22H34IN5S. The van der Waals surface area contributed by atoms with Crippen LogP contribution in [-0.4, -0.2) is 48.1 Å². The van der Waals surface area contributed by atoms with Crippen molar-refractivity contribution < 1.29 is 0 Å². The first kappa shape index (κ1) is 24.1. The molecule has 7 heteroatoms. The first-order valence-electron chi connectivity index (χ1n) is 10.3. The maximum Gasteiger partial charge on any atom is 0.191 e. The molecular weight excluding hydrogens is 493 g/mol. The molecule has 0 amide bonds. The van der Waals surface area contributed by atoms with Gasteiger partial charge in [0.25, 0.3) is 0 Å². The van der Waals surface area contributed by atoms with E-state index in [1.54, 1.807) is 11.3 Å². The van der Waals surface area contributed by atoms with E-state index in [0.29, 0.717) is 12.1 Å². The standard InChI is InChI=1S/C22H33N5S.HI/c1-17-16-28-21(25-17)10-7-12-24-22(23-3)26-20-11-13-27(18(2)14-20)15-19-8-5-4-6-9-19;/h4-6,8-9,16,18,20H,7,10-15H2,1-3H3,(H2,23,24,26);1H. The predicted molar refractivity (Wildman–Crippen MR) is 134 cm³/mol. The third-order valence-electron chi connectivity index (χ3n) is 5.33. The van der Waals surface area contributed by atoms with E-state index in [1.807, 2.05) is 7.05 Å². The fourth-order valence-electron chi connectivity index (χ4n) is 3.76. The van der Waals surface area contributed by atoms with Gasteiger partial charge in [0.1, 0.15) is 0 Å². The van der Waals surface area contributed by atoms with Crippen molar-refractivity contribution in [3.63, 3.8) is 0 Å². The van der Waals surface area contributed by atoms with Crippen LogP contribution in [0.1, 0.15) is 42.5 Å². The molecule has 0 aliphatic carbocycles. The van der Waals surface area contributed by atoms with Crippen molar-refractivity contribution in [1.82, 2.24) is 20.5 Å². The number of nitrogens with zero attached hydrogens (tertiary/aromatic N) is 3. The number of halogens is 1. The van der Waals surface area contributed by atoms with Crippen LogP contribution < -0.4 is 10.6 Å². The van der Waals surface area contributed by atoms with E-state index in [-0.39, 0.29) is 24.0 Å². The van der Waals surface area contributed by atoms with Gasteiger partial charge in [-0.15, -0.1) is 35.3 Å². The average Bonchev–Trinajstić information content (AvgIpc) is 3.12. The molecule has 0 saturated carbocycles. The van der Waals surface area contributed by atoms with Crippen molar-refractivity contribution >= 4 is 41.3 Å². The lowest BCUT2D eigenvalue weighted by molar-refractivity contribution is 0.134. The predicted octanol–water partition coefficient (Wildman–Crippen LogP) is 4.22. The summed E-state index contributed by atoms with van der Waals surface area (Å²) < 4.78 is 0. The van der Waals surface area contributed by atoms with Gasteiger partial charge < -0.3 is 10.6 Å². The number of nitrogens with one attached hydrogen (secondary N) is 2. The number of aromatic nitrogens is 1. The van der Waals surface area contributed by atoms with Crippen LogP contribution in [0.2, 0.25) is 0 Å². The molecule has 1 aliphatic heterocycles. The van der Waals surface area contributed by atoms with Gasteiger partial charge in [0, 0.05) is 56.3 Å². The molecule has 2 unspecified atom stereocenters. The average molecular weight is 528 g/mol. The van der Waals surface area contributed by atoms with Crippen molar-refractivity contribution in [3.05, 3.63) is 52.0 Å². The maximum absolute atomic E-state index is 4.53. The molecule has 29 heavy (non-hydrogen) atoms. The summed E-state index contributed by atoms with van der Waals surface area (Å²) in [5.74, 6) is 0.920. The van der Waals surface area contributed by atoms with Crippen molar-refractivity contribution in [3.8, 4) is 0 Å². The number of rotatable bonds is 7. The lowest BCUT2D eigenvalue weighted by Crippen LogP contribution is -2.51. The number of thiazole rings is 1. The number of likely N-dealkylation sites (tertiary alicyclic amines) is 1. The maximum atomic E-state index is 4.53. The van der Waals surface area contributed by atoms with Crippen LogP contribution in [0.25, 0.3) is 0 Å². The number of guanidine groups is 1. The molecule has 1 fully saturated rings. The fourth-order valence-corrected chi connectivity index (χ4v) is 4.57. The molecule has 1 saturated heterocycles. The molecule has 0 radical (unpaired) electrons. The Balaban J connectivity index is 0.00000300. The molecule has 2 N–H and O–H groups in total. The Morgan fingerprint density at radius 1 is 1.31 bits per heavy atom. The van der Waals surface area contributed by atoms with Gasteiger partial charge in [0.05, 0.1) is 5.01 Å². The van der Waals surface area contributed by atoms with Gasteiger partial charge in [-0.3, -0.25) is 9.89 Å². The van der Waals surface area contributed by atoms with Gasteiger partial charge in [-0.05, 0) is 38.7 Å². The van der Waals surface area contributed by atoms with E-state index in [2.05, 4.69) is 75.1 Å². The van der Waals surface area contributed by atoms with Gasteiger partial charge in [-0.1, -0.05) is 30.3 Å². The second kappa shape index (κ2) is 12.5. The Morgan fingerprint density at radius 3 is 2.76 bits per heavy atom. The largest absolute Gasteiger partial charge is 0.356 e. The molecule has 2 atom stereocenters. The highest BCUT2D eigenvalue weighted by atomic mass is 127. The zero-order valence-corrected chi connectivity index (χ0v) is 20.9. The molecule has 5 nitrogen and oxygen atoms in total. The van der Waals surface area contributed by atoms with Crippen LogP contribution in [0.15, 0.2) is 40.7 Å². The Labute approximate surface area is 196 Å². The number of hydrogen-bond acceptors (Lipinski definition) is 4. The summed E-state index contributed by atoms with van der Waals surface area (Å²) in [6.07, 6.45) is 4.39. The summed E-state index contributed by atoms with van der Waals surface area (Å²) >= 11 is 1.75. The van der Waals surface area contributed by atoms with E-state index in [9.17, 15) is 0 Å². The number of aryl methyl sites for hydroxylation is 2. The topological polar surface area (TPSA) is 52.6 Å². The molecule has 1 aliphatic rings. The zero-order valence-electron chi connectivity index (χ0n) is 17.7. The molecule has 2 heterocycles. The second-order valence-corrected chi connectivity index (χ2v) is 8.60. The number of benzene rings is 1. The van der Waals surface area contributed by atoms with Crippen LogP contribution in [0.3, 0.4) is 0 Å².